The molecule has 0 saturated heterocycles. The Morgan fingerprint density at radius 3 is 2.19 bits per heavy atom. The number of halogens is 1. The number of guanidine groups is 1. The highest BCUT2D eigenvalue weighted by molar-refractivity contribution is 14.0. The average Bonchev–Trinajstić information content (AvgIpc) is 2.67. The molecular weight excluding hydrogens is 457 g/mol. The largest absolute Gasteiger partial charge is 0.493 e. The lowest BCUT2D eigenvalue weighted by Gasteiger charge is -2.15. The lowest BCUT2D eigenvalue weighted by molar-refractivity contribution is 0.322. The number of methoxy groups -OCH3 is 3. The zero-order valence-corrected chi connectivity index (χ0v) is 18.6. The molecule has 0 amide bonds. The molecule has 2 rings (SSSR count). The first kappa shape index (κ1) is 22.9. The second-order valence-corrected chi connectivity index (χ2v) is 5.69. The van der Waals surface area contributed by atoms with Crippen LogP contribution < -0.4 is 25.3 Å². The first-order valence-electron chi connectivity index (χ1n) is 8.56. The Labute approximate surface area is 178 Å². The van der Waals surface area contributed by atoms with Gasteiger partial charge in [-0.15, -0.1) is 24.0 Å². The van der Waals surface area contributed by atoms with Crippen molar-refractivity contribution in [3.8, 4) is 17.2 Å². The van der Waals surface area contributed by atoms with Crippen molar-refractivity contribution < 1.29 is 14.2 Å². The molecule has 2 aromatic carbocycles. The quantitative estimate of drug-likeness (QED) is 0.337. The maximum absolute atomic E-state index is 5.98. The van der Waals surface area contributed by atoms with Gasteiger partial charge in [0.1, 0.15) is 0 Å². The Balaban J connectivity index is 0.00000364. The summed E-state index contributed by atoms with van der Waals surface area (Å²) in [5.41, 5.74) is 9.16. The van der Waals surface area contributed by atoms with Gasteiger partial charge in [-0.05, 0) is 36.6 Å². The van der Waals surface area contributed by atoms with Crippen LogP contribution in [-0.2, 0) is 12.8 Å². The Kier molecular flexibility index (Phi) is 9.77. The van der Waals surface area contributed by atoms with Crippen LogP contribution in [0.15, 0.2) is 41.4 Å². The number of nitrogens with zero attached hydrogens (tertiary/aromatic N) is 1. The number of nitrogens with one attached hydrogen (secondary N) is 1. The van der Waals surface area contributed by atoms with E-state index in [0.717, 1.165) is 17.7 Å². The standard InChI is InChI=1S/C20H27N3O3.HI/c1-5-14-6-9-16(10-7-14)23-20(21)22-13-12-15-8-11-17(24-2)19(26-4)18(15)25-3;/h6-11H,5,12-13H2,1-4H3,(H3,21,22,23);1H. The highest BCUT2D eigenvalue weighted by Gasteiger charge is 2.15. The van der Waals surface area contributed by atoms with E-state index < -0.39 is 0 Å². The maximum atomic E-state index is 5.98. The molecule has 0 atom stereocenters. The van der Waals surface area contributed by atoms with E-state index >= 15 is 0 Å². The third kappa shape index (κ3) is 6.20. The Morgan fingerprint density at radius 2 is 1.63 bits per heavy atom. The van der Waals surface area contributed by atoms with Crippen LogP contribution in [0.2, 0.25) is 0 Å². The zero-order chi connectivity index (χ0) is 18.9. The molecule has 0 bridgehead atoms. The van der Waals surface area contributed by atoms with E-state index in [-0.39, 0.29) is 24.0 Å². The average molecular weight is 485 g/mol. The summed E-state index contributed by atoms with van der Waals surface area (Å²) in [6.07, 6.45) is 1.68. The number of nitrogens with two attached hydrogens (primary N) is 1. The Morgan fingerprint density at radius 1 is 0.963 bits per heavy atom. The van der Waals surface area contributed by atoms with Gasteiger partial charge in [0.15, 0.2) is 17.5 Å². The van der Waals surface area contributed by atoms with Crippen LogP contribution in [0.5, 0.6) is 17.2 Å². The Hall–Kier alpha value is -2.16. The van der Waals surface area contributed by atoms with Crippen LogP contribution in [-0.4, -0.2) is 33.8 Å². The minimum atomic E-state index is 0. The second-order valence-electron chi connectivity index (χ2n) is 5.69. The summed E-state index contributed by atoms with van der Waals surface area (Å²) >= 11 is 0. The van der Waals surface area contributed by atoms with Crippen LogP contribution in [0, 0.1) is 0 Å². The SMILES string of the molecule is CCc1ccc(NC(N)=NCCc2ccc(OC)c(OC)c2OC)cc1.I. The van der Waals surface area contributed by atoms with Crippen molar-refractivity contribution in [2.24, 2.45) is 10.7 Å². The molecule has 0 heterocycles. The van der Waals surface area contributed by atoms with Gasteiger partial charge in [0.05, 0.1) is 21.3 Å². The van der Waals surface area contributed by atoms with Gasteiger partial charge in [-0.2, -0.15) is 0 Å². The number of hydrogen-bond donors (Lipinski definition) is 2. The topological polar surface area (TPSA) is 78.1 Å². The van der Waals surface area contributed by atoms with Crippen molar-refractivity contribution in [2.75, 3.05) is 33.2 Å². The highest BCUT2D eigenvalue weighted by atomic mass is 127. The predicted molar refractivity (Wildman–Crippen MR) is 121 cm³/mol. The molecule has 27 heavy (non-hydrogen) atoms. The molecule has 0 unspecified atom stereocenters. The van der Waals surface area contributed by atoms with E-state index in [1.54, 1.807) is 21.3 Å². The summed E-state index contributed by atoms with van der Waals surface area (Å²) in [5.74, 6) is 2.25. The van der Waals surface area contributed by atoms with Crippen LogP contribution in [0.1, 0.15) is 18.1 Å². The van der Waals surface area contributed by atoms with Gasteiger partial charge in [0.2, 0.25) is 5.75 Å². The fourth-order valence-electron chi connectivity index (χ4n) is 2.67. The highest BCUT2D eigenvalue weighted by Crippen LogP contribution is 2.39. The van der Waals surface area contributed by atoms with Gasteiger partial charge in [0.25, 0.3) is 0 Å². The van der Waals surface area contributed by atoms with E-state index in [1.165, 1.54) is 5.56 Å². The second kappa shape index (κ2) is 11.5. The lowest BCUT2D eigenvalue weighted by atomic mass is 10.1. The zero-order valence-electron chi connectivity index (χ0n) is 16.2. The van der Waals surface area contributed by atoms with E-state index in [0.29, 0.717) is 36.2 Å². The maximum Gasteiger partial charge on any atom is 0.203 e. The van der Waals surface area contributed by atoms with Gasteiger partial charge in [-0.3, -0.25) is 4.99 Å². The molecule has 0 aromatic heterocycles. The fourth-order valence-corrected chi connectivity index (χ4v) is 2.67. The lowest BCUT2D eigenvalue weighted by Crippen LogP contribution is -2.23. The van der Waals surface area contributed by atoms with Gasteiger partial charge in [0, 0.05) is 17.8 Å². The molecule has 2 aromatic rings. The van der Waals surface area contributed by atoms with Gasteiger partial charge in [-0.1, -0.05) is 25.1 Å². The summed E-state index contributed by atoms with van der Waals surface area (Å²) in [6.45, 7) is 2.65. The summed E-state index contributed by atoms with van der Waals surface area (Å²) in [7, 11) is 4.80. The van der Waals surface area contributed by atoms with E-state index in [4.69, 9.17) is 19.9 Å². The van der Waals surface area contributed by atoms with Crippen LogP contribution in [0.3, 0.4) is 0 Å². The molecule has 0 fully saturated rings. The molecule has 0 saturated carbocycles. The number of hydrogen-bond acceptors (Lipinski definition) is 4. The molecule has 0 spiro atoms. The number of aryl methyl sites for hydroxylation is 1. The van der Waals surface area contributed by atoms with Gasteiger partial charge >= 0.3 is 0 Å². The van der Waals surface area contributed by atoms with Crippen LogP contribution in [0.4, 0.5) is 5.69 Å². The van der Waals surface area contributed by atoms with Crippen molar-refractivity contribution in [2.45, 2.75) is 19.8 Å². The van der Waals surface area contributed by atoms with Crippen molar-refractivity contribution in [3.63, 3.8) is 0 Å². The predicted octanol–water partition coefficient (Wildman–Crippen LogP) is 3.86. The molecule has 0 aliphatic heterocycles. The van der Waals surface area contributed by atoms with Crippen molar-refractivity contribution in [1.29, 1.82) is 0 Å². The van der Waals surface area contributed by atoms with Crippen molar-refractivity contribution in [1.82, 2.24) is 0 Å². The monoisotopic (exact) mass is 485 g/mol. The molecular formula is C20H28IN3O3. The third-order valence-electron chi connectivity index (χ3n) is 4.08. The number of aliphatic imine (C=N–C) groups is 1. The van der Waals surface area contributed by atoms with E-state index in [2.05, 4.69) is 29.4 Å². The summed E-state index contributed by atoms with van der Waals surface area (Å²) < 4.78 is 16.2. The number of ether oxygens (including phenoxy) is 3. The minimum absolute atomic E-state index is 0. The Bertz CT molecular complexity index is 749. The summed E-state index contributed by atoms with van der Waals surface area (Å²) in [5, 5.41) is 3.10. The first-order valence-corrected chi connectivity index (χ1v) is 8.56. The van der Waals surface area contributed by atoms with Crippen molar-refractivity contribution >= 4 is 35.6 Å². The summed E-state index contributed by atoms with van der Waals surface area (Å²) in [4.78, 5) is 4.39. The molecule has 6 nitrogen and oxygen atoms in total. The van der Waals surface area contributed by atoms with E-state index in [1.807, 2.05) is 24.3 Å². The molecule has 148 valence electrons. The molecule has 0 aliphatic rings. The fraction of sp³-hybridized carbons (Fsp3) is 0.350. The van der Waals surface area contributed by atoms with Crippen LogP contribution >= 0.6 is 24.0 Å². The minimum Gasteiger partial charge on any atom is -0.493 e. The number of benzene rings is 2. The third-order valence-corrected chi connectivity index (χ3v) is 4.08. The van der Waals surface area contributed by atoms with E-state index in [9.17, 15) is 0 Å². The van der Waals surface area contributed by atoms with Gasteiger partial charge < -0.3 is 25.3 Å². The van der Waals surface area contributed by atoms with Gasteiger partial charge in [-0.25, -0.2) is 0 Å². The first-order chi connectivity index (χ1) is 12.6. The molecule has 7 heteroatoms. The normalized spacial score (nSPS) is 10.7. The number of anilines is 1. The van der Waals surface area contributed by atoms with Crippen LogP contribution in [0.25, 0.3) is 0 Å². The molecule has 0 aliphatic carbocycles. The molecule has 3 N–H and O–H groups in total. The molecule has 0 radical (unpaired) electrons. The number of rotatable bonds is 8. The summed E-state index contributed by atoms with van der Waals surface area (Å²) in [6, 6.07) is 11.9. The smallest absolute Gasteiger partial charge is 0.203 e. The van der Waals surface area contributed by atoms with Crippen molar-refractivity contribution in [3.05, 3.63) is 47.5 Å².